The van der Waals surface area contributed by atoms with Gasteiger partial charge in [0.1, 0.15) is 0 Å². The topological polar surface area (TPSA) is 32.3 Å². The Labute approximate surface area is 141 Å². The summed E-state index contributed by atoms with van der Waals surface area (Å²) in [6.45, 7) is 4.10. The van der Waals surface area contributed by atoms with E-state index in [-0.39, 0.29) is 5.91 Å². The molecule has 4 rings (SSSR count). The summed E-state index contributed by atoms with van der Waals surface area (Å²) in [4.78, 5) is 17.2. The number of nitrogens with one attached hydrogen (secondary N) is 1. The molecule has 1 aromatic heterocycles. The molecule has 1 aliphatic carbocycles. The maximum atomic E-state index is 12.4. The lowest BCUT2D eigenvalue weighted by Crippen LogP contribution is -2.27. The summed E-state index contributed by atoms with van der Waals surface area (Å²) < 4.78 is 0. The summed E-state index contributed by atoms with van der Waals surface area (Å²) in [5.74, 6) is 0.0145. The standard InChI is InChI=1S/C19H22N2OS/c1-13-6-8-15(9-7-13)20-19(22)17-10-14-11-21(12-18(14)23-17)16-4-2-3-5-16/h6-10,16H,2-5,11-12H2,1H3,(H,20,22). The van der Waals surface area contributed by atoms with E-state index in [0.29, 0.717) is 0 Å². The first kappa shape index (κ1) is 14.9. The van der Waals surface area contributed by atoms with Crippen LogP contribution in [0.25, 0.3) is 0 Å². The lowest BCUT2D eigenvalue weighted by Gasteiger charge is -2.22. The summed E-state index contributed by atoms with van der Waals surface area (Å²) in [6.07, 6.45) is 5.43. The number of fused-ring (bicyclic) bond motifs is 1. The highest BCUT2D eigenvalue weighted by atomic mass is 32.1. The quantitative estimate of drug-likeness (QED) is 0.896. The predicted octanol–water partition coefficient (Wildman–Crippen LogP) is 4.57. The van der Waals surface area contributed by atoms with E-state index in [9.17, 15) is 4.79 Å². The third-order valence-corrected chi connectivity index (χ3v) is 6.15. The van der Waals surface area contributed by atoms with Crippen LogP contribution in [0.1, 0.15) is 51.4 Å². The van der Waals surface area contributed by atoms with Crippen LogP contribution >= 0.6 is 11.3 Å². The molecule has 23 heavy (non-hydrogen) atoms. The lowest BCUT2D eigenvalue weighted by atomic mass is 10.2. The summed E-state index contributed by atoms with van der Waals surface area (Å²) in [7, 11) is 0. The van der Waals surface area contributed by atoms with Crippen molar-refractivity contribution in [3.63, 3.8) is 0 Å². The molecular weight excluding hydrogens is 304 g/mol. The van der Waals surface area contributed by atoms with Gasteiger partial charge in [-0.15, -0.1) is 11.3 Å². The number of aryl methyl sites for hydroxylation is 1. The fraction of sp³-hybridized carbons (Fsp3) is 0.421. The summed E-state index contributed by atoms with van der Waals surface area (Å²) >= 11 is 1.66. The number of amides is 1. The number of nitrogens with zero attached hydrogens (tertiary/aromatic N) is 1. The second-order valence-electron chi connectivity index (χ2n) is 6.72. The number of hydrogen-bond acceptors (Lipinski definition) is 3. The van der Waals surface area contributed by atoms with Crippen molar-refractivity contribution in [1.82, 2.24) is 4.90 Å². The molecule has 2 heterocycles. The van der Waals surface area contributed by atoms with Crippen LogP contribution in [0.4, 0.5) is 5.69 Å². The van der Waals surface area contributed by atoms with Gasteiger partial charge in [0.2, 0.25) is 0 Å². The van der Waals surface area contributed by atoms with Crippen LogP contribution in [0, 0.1) is 6.92 Å². The van der Waals surface area contributed by atoms with Crippen LogP contribution in [0.5, 0.6) is 0 Å². The van der Waals surface area contributed by atoms with Gasteiger partial charge >= 0.3 is 0 Å². The Bertz CT molecular complexity index is 690. The molecular formula is C19H22N2OS. The van der Waals surface area contributed by atoms with Gasteiger partial charge in [-0.1, -0.05) is 30.5 Å². The highest BCUT2D eigenvalue weighted by Crippen LogP contribution is 2.36. The van der Waals surface area contributed by atoms with E-state index in [1.165, 1.54) is 41.7 Å². The Kier molecular flexibility index (Phi) is 3.95. The molecule has 0 saturated heterocycles. The minimum atomic E-state index is 0.0145. The smallest absolute Gasteiger partial charge is 0.265 e. The molecule has 1 aromatic carbocycles. The monoisotopic (exact) mass is 326 g/mol. The minimum Gasteiger partial charge on any atom is -0.321 e. The number of thiophene rings is 1. The van der Waals surface area contributed by atoms with Gasteiger partial charge in [0.25, 0.3) is 5.91 Å². The molecule has 1 fully saturated rings. The number of hydrogen-bond donors (Lipinski definition) is 1. The van der Waals surface area contributed by atoms with Crippen LogP contribution in [0.2, 0.25) is 0 Å². The molecule has 0 bridgehead atoms. The highest BCUT2D eigenvalue weighted by Gasteiger charge is 2.30. The molecule has 4 heteroatoms. The van der Waals surface area contributed by atoms with E-state index in [1.807, 2.05) is 31.2 Å². The van der Waals surface area contributed by atoms with Gasteiger partial charge in [-0.05, 0) is 43.5 Å². The van der Waals surface area contributed by atoms with Gasteiger partial charge in [-0.25, -0.2) is 0 Å². The molecule has 1 aliphatic heterocycles. The van der Waals surface area contributed by atoms with E-state index >= 15 is 0 Å². The van der Waals surface area contributed by atoms with Crippen LogP contribution in [0.3, 0.4) is 0 Å². The normalized spacial score (nSPS) is 18.3. The molecule has 0 radical (unpaired) electrons. The number of carbonyl (C=O) groups excluding carboxylic acids is 1. The van der Waals surface area contributed by atoms with Crippen molar-refractivity contribution < 1.29 is 4.79 Å². The van der Waals surface area contributed by atoms with E-state index in [2.05, 4.69) is 16.3 Å². The lowest BCUT2D eigenvalue weighted by molar-refractivity contribution is 0.103. The van der Waals surface area contributed by atoms with Crippen molar-refractivity contribution in [1.29, 1.82) is 0 Å². The zero-order valence-electron chi connectivity index (χ0n) is 13.5. The van der Waals surface area contributed by atoms with Crippen LogP contribution in [-0.2, 0) is 13.1 Å². The molecule has 1 amide bonds. The molecule has 0 atom stereocenters. The van der Waals surface area contributed by atoms with Gasteiger partial charge < -0.3 is 5.32 Å². The Morgan fingerprint density at radius 3 is 2.61 bits per heavy atom. The fourth-order valence-electron chi connectivity index (χ4n) is 3.66. The zero-order valence-corrected chi connectivity index (χ0v) is 14.3. The van der Waals surface area contributed by atoms with Crippen molar-refractivity contribution in [3.8, 4) is 0 Å². The maximum Gasteiger partial charge on any atom is 0.265 e. The molecule has 0 unspecified atom stereocenters. The van der Waals surface area contributed by atoms with E-state index in [1.54, 1.807) is 11.3 Å². The summed E-state index contributed by atoms with van der Waals surface area (Å²) in [5, 5.41) is 3.00. The average Bonchev–Trinajstić information content (AvgIpc) is 3.24. The Hall–Kier alpha value is -1.65. The first-order valence-corrected chi connectivity index (χ1v) is 9.24. The zero-order chi connectivity index (χ0) is 15.8. The third-order valence-electron chi connectivity index (χ3n) is 4.99. The molecule has 0 spiro atoms. The molecule has 120 valence electrons. The molecule has 1 saturated carbocycles. The number of rotatable bonds is 3. The van der Waals surface area contributed by atoms with Crippen molar-refractivity contribution in [2.24, 2.45) is 0 Å². The van der Waals surface area contributed by atoms with E-state index in [4.69, 9.17) is 0 Å². The second-order valence-corrected chi connectivity index (χ2v) is 7.86. The van der Waals surface area contributed by atoms with Crippen molar-refractivity contribution in [2.45, 2.75) is 51.7 Å². The first-order chi connectivity index (χ1) is 11.2. The third kappa shape index (κ3) is 3.06. The minimum absolute atomic E-state index is 0.0145. The molecule has 2 aliphatic rings. The number of benzene rings is 1. The first-order valence-electron chi connectivity index (χ1n) is 8.43. The predicted molar refractivity (Wildman–Crippen MR) is 95.0 cm³/mol. The van der Waals surface area contributed by atoms with Gasteiger partial charge in [-0.2, -0.15) is 0 Å². The Morgan fingerprint density at radius 2 is 1.91 bits per heavy atom. The maximum absolute atomic E-state index is 12.4. The second kappa shape index (κ2) is 6.10. The fourth-order valence-corrected chi connectivity index (χ4v) is 4.76. The number of carbonyl (C=O) groups is 1. The SMILES string of the molecule is Cc1ccc(NC(=O)c2cc3c(s2)CN(C2CCCC2)C3)cc1. The molecule has 2 aromatic rings. The van der Waals surface area contributed by atoms with E-state index < -0.39 is 0 Å². The number of anilines is 1. The van der Waals surface area contributed by atoms with Crippen molar-refractivity contribution in [2.75, 3.05) is 5.32 Å². The Morgan fingerprint density at radius 1 is 1.17 bits per heavy atom. The molecule has 1 N–H and O–H groups in total. The van der Waals surface area contributed by atoms with Crippen LogP contribution in [0.15, 0.2) is 30.3 Å². The Balaban J connectivity index is 1.43. The molecule has 3 nitrogen and oxygen atoms in total. The highest BCUT2D eigenvalue weighted by molar-refractivity contribution is 7.14. The van der Waals surface area contributed by atoms with Gasteiger partial charge in [-0.3, -0.25) is 9.69 Å². The van der Waals surface area contributed by atoms with Crippen LogP contribution < -0.4 is 5.32 Å². The van der Waals surface area contributed by atoms with Crippen molar-refractivity contribution >= 4 is 22.9 Å². The van der Waals surface area contributed by atoms with Crippen LogP contribution in [-0.4, -0.2) is 16.8 Å². The van der Waals surface area contributed by atoms with Gasteiger partial charge in [0.05, 0.1) is 4.88 Å². The van der Waals surface area contributed by atoms with Gasteiger partial charge in [0.15, 0.2) is 0 Å². The van der Waals surface area contributed by atoms with Crippen molar-refractivity contribution in [3.05, 3.63) is 51.2 Å². The largest absolute Gasteiger partial charge is 0.321 e. The summed E-state index contributed by atoms with van der Waals surface area (Å²) in [6, 6.07) is 10.8. The van der Waals surface area contributed by atoms with E-state index in [0.717, 1.165) is 29.7 Å². The summed E-state index contributed by atoms with van der Waals surface area (Å²) in [5.41, 5.74) is 3.42. The average molecular weight is 326 g/mol. The van der Waals surface area contributed by atoms with Gasteiger partial charge in [0, 0.05) is 29.7 Å².